The molecule has 1 fully saturated rings. The topological polar surface area (TPSA) is 72.6 Å². The van der Waals surface area contributed by atoms with Crippen LogP contribution in [0.15, 0.2) is 0 Å². The molecule has 0 radical (unpaired) electrons. The minimum Gasteiger partial charge on any atom is -0.384 e. The van der Waals surface area contributed by atoms with Gasteiger partial charge in [-0.15, -0.1) is 0 Å². The molecule has 1 unspecified atom stereocenters. The summed E-state index contributed by atoms with van der Waals surface area (Å²) in [5, 5.41) is 4.93. The Balaban J connectivity index is 2.14. The van der Waals surface area contributed by atoms with Crippen LogP contribution < -0.4 is 5.14 Å². The van der Waals surface area contributed by atoms with Gasteiger partial charge in [-0.3, -0.25) is 0 Å². The number of hydrogen-bond acceptors (Lipinski definition) is 4. The average Bonchev–Trinajstić information content (AvgIpc) is 2.51. The van der Waals surface area contributed by atoms with Crippen molar-refractivity contribution in [2.75, 3.05) is 39.1 Å². The number of sulfonamides is 1. The third-order valence-electron chi connectivity index (χ3n) is 2.68. The van der Waals surface area contributed by atoms with Crippen molar-refractivity contribution in [1.82, 2.24) is 4.90 Å². The Morgan fingerprint density at radius 1 is 1.53 bits per heavy atom. The third-order valence-corrected chi connectivity index (χ3v) is 3.53. The molecule has 1 aliphatic heterocycles. The second-order valence-corrected chi connectivity index (χ2v) is 5.87. The normalized spacial score (nSPS) is 23.5. The summed E-state index contributed by atoms with van der Waals surface area (Å²) >= 11 is 0. The lowest BCUT2D eigenvalue weighted by molar-refractivity contribution is 0.153. The Kier molecular flexibility index (Phi) is 4.98. The summed E-state index contributed by atoms with van der Waals surface area (Å²) in [5.41, 5.74) is 0. The molecule has 0 aromatic rings. The van der Waals surface area contributed by atoms with Gasteiger partial charge >= 0.3 is 0 Å². The maximum Gasteiger partial charge on any atom is 0.209 e. The fourth-order valence-electron chi connectivity index (χ4n) is 1.98. The zero-order chi connectivity index (χ0) is 11.3. The van der Waals surface area contributed by atoms with Gasteiger partial charge in [0.05, 0.1) is 12.4 Å². The standard InChI is InChI=1S/C9H20N2O3S/c1-14-8-9-3-5-11(7-9)4-2-6-15(10,12)13/h9H,2-8H2,1H3,(H2,10,12,13). The summed E-state index contributed by atoms with van der Waals surface area (Å²) in [5.74, 6) is 0.683. The van der Waals surface area contributed by atoms with E-state index in [1.807, 2.05) is 0 Å². The van der Waals surface area contributed by atoms with Crippen LogP contribution in [0.3, 0.4) is 0 Å². The molecule has 0 aromatic carbocycles. The van der Waals surface area contributed by atoms with E-state index >= 15 is 0 Å². The SMILES string of the molecule is COCC1CCN(CCCS(N)(=O)=O)C1. The van der Waals surface area contributed by atoms with E-state index in [1.54, 1.807) is 7.11 Å². The number of ether oxygens (including phenoxy) is 1. The zero-order valence-corrected chi connectivity index (χ0v) is 10.0. The fraction of sp³-hybridized carbons (Fsp3) is 1.00. The Labute approximate surface area is 91.6 Å². The van der Waals surface area contributed by atoms with Crippen LogP contribution in [0.5, 0.6) is 0 Å². The van der Waals surface area contributed by atoms with Crippen molar-refractivity contribution in [3.05, 3.63) is 0 Å². The number of primary sulfonamides is 1. The molecule has 6 heteroatoms. The highest BCUT2D eigenvalue weighted by molar-refractivity contribution is 7.89. The lowest BCUT2D eigenvalue weighted by Crippen LogP contribution is -2.26. The monoisotopic (exact) mass is 236 g/mol. The van der Waals surface area contributed by atoms with Gasteiger partial charge in [0.25, 0.3) is 0 Å². The molecule has 0 aliphatic carbocycles. The average molecular weight is 236 g/mol. The number of likely N-dealkylation sites (tertiary alicyclic amines) is 1. The summed E-state index contributed by atoms with van der Waals surface area (Å²) < 4.78 is 26.5. The van der Waals surface area contributed by atoms with E-state index in [2.05, 4.69) is 4.90 Å². The molecule has 1 aliphatic rings. The van der Waals surface area contributed by atoms with Crippen LogP contribution in [-0.4, -0.2) is 52.4 Å². The maximum atomic E-state index is 10.7. The predicted molar refractivity (Wildman–Crippen MR) is 59.0 cm³/mol. The Morgan fingerprint density at radius 2 is 2.27 bits per heavy atom. The Morgan fingerprint density at radius 3 is 2.87 bits per heavy atom. The first-order chi connectivity index (χ1) is 7.01. The molecule has 1 saturated heterocycles. The van der Waals surface area contributed by atoms with E-state index in [0.717, 1.165) is 32.7 Å². The first-order valence-electron chi connectivity index (χ1n) is 5.23. The van der Waals surface area contributed by atoms with Crippen LogP contribution in [0.4, 0.5) is 0 Å². The number of rotatable bonds is 6. The summed E-state index contributed by atoms with van der Waals surface area (Å²) in [4.78, 5) is 2.27. The number of nitrogens with zero attached hydrogens (tertiary/aromatic N) is 1. The molecule has 0 amide bonds. The van der Waals surface area contributed by atoms with Gasteiger partial charge in [-0.05, 0) is 31.8 Å². The van der Waals surface area contributed by atoms with Crippen molar-refractivity contribution >= 4 is 10.0 Å². The van der Waals surface area contributed by atoms with Crippen molar-refractivity contribution in [2.45, 2.75) is 12.8 Å². The van der Waals surface area contributed by atoms with Gasteiger partial charge in [-0.25, -0.2) is 13.6 Å². The fourth-order valence-corrected chi connectivity index (χ4v) is 2.51. The maximum absolute atomic E-state index is 10.7. The number of nitrogens with two attached hydrogens (primary N) is 1. The summed E-state index contributed by atoms with van der Waals surface area (Å²) in [6.45, 7) is 3.67. The molecule has 5 nitrogen and oxygen atoms in total. The van der Waals surface area contributed by atoms with Gasteiger partial charge in [0.2, 0.25) is 10.0 Å². The predicted octanol–water partition coefficient (Wildman–Crippen LogP) is -0.367. The summed E-state index contributed by atoms with van der Waals surface area (Å²) in [6.07, 6.45) is 1.77. The zero-order valence-electron chi connectivity index (χ0n) is 9.18. The molecule has 1 heterocycles. The number of hydrogen-bond donors (Lipinski definition) is 1. The molecular formula is C9H20N2O3S. The van der Waals surface area contributed by atoms with Crippen molar-refractivity contribution in [2.24, 2.45) is 11.1 Å². The molecule has 90 valence electrons. The quantitative estimate of drug-likeness (QED) is 0.683. The van der Waals surface area contributed by atoms with Crippen LogP contribution in [0.1, 0.15) is 12.8 Å². The molecule has 0 bridgehead atoms. The lowest BCUT2D eigenvalue weighted by Gasteiger charge is -2.15. The lowest BCUT2D eigenvalue weighted by atomic mass is 10.1. The van der Waals surface area contributed by atoms with E-state index in [-0.39, 0.29) is 5.75 Å². The Hall–Kier alpha value is -0.170. The molecule has 1 rings (SSSR count). The van der Waals surface area contributed by atoms with E-state index in [1.165, 1.54) is 0 Å². The van der Waals surface area contributed by atoms with Crippen molar-refractivity contribution in [1.29, 1.82) is 0 Å². The van der Waals surface area contributed by atoms with Gasteiger partial charge in [0.15, 0.2) is 0 Å². The first kappa shape index (κ1) is 12.9. The summed E-state index contributed by atoms with van der Waals surface area (Å²) in [7, 11) is -1.58. The molecule has 1 atom stereocenters. The van der Waals surface area contributed by atoms with Crippen LogP contribution in [-0.2, 0) is 14.8 Å². The number of methoxy groups -OCH3 is 1. The van der Waals surface area contributed by atoms with Gasteiger partial charge < -0.3 is 9.64 Å². The first-order valence-corrected chi connectivity index (χ1v) is 6.94. The van der Waals surface area contributed by atoms with Crippen LogP contribution >= 0.6 is 0 Å². The highest BCUT2D eigenvalue weighted by Crippen LogP contribution is 2.16. The second-order valence-electron chi connectivity index (χ2n) is 4.13. The molecule has 0 saturated carbocycles. The second kappa shape index (κ2) is 5.79. The van der Waals surface area contributed by atoms with Crippen LogP contribution in [0.25, 0.3) is 0 Å². The van der Waals surface area contributed by atoms with E-state index < -0.39 is 10.0 Å². The largest absolute Gasteiger partial charge is 0.384 e. The highest BCUT2D eigenvalue weighted by atomic mass is 32.2. The van der Waals surface area contributed by atoms with Gasteiger partial charge in [-0.1, -0.05) is 0 Å². The minimum absolute atomic E-state index is 0.0818. The summed E-state index contributed by atoms with van der Waals surface area (Å²) in [6, 6.07) is 0. The van der Waals surface area contributed by atoms with E-state index in [0.29, 0.717) is 12.3 Å². The molecule has 0 aromatic heterocycles. The highest BCUT2D eigenvalue weighted by Gasteiger charge is 2.21. The Bertz CT molecular complexity index is 279. The van der Waals surface area contributed by atoms with E-state index in [9.17, 15) is 8.42 Å². The van der Waals surface area contributed by atoms with Gasteiger partial charge in [0.1, 0.15) is 0 Å². The molecule has 2 N–H and O–H groups in total. The molecule has 15 heavy (non-hydrogen) atoms. The van der Waals surface area contributed by atoms with Crippen LogP contribution in [0.2, 0.25) is 0 Å². The molecule has 0 spiro atoms. The third kappa shape index (κ3) is 5.46. The van der Waals surface area contributed by atoms with Crippen LogP contribution in [0, 0.1) is 5.92 Å². The van der Waals surface area contributed by atoms with Crippen molar-refractivity contribution in [3.63, 3.8) is 0 Å². The van der Waals surface area contributed by atoms with Crippen molar-refractivity contribution < 1.29 is 13.2 Å². The van der Waals surface area contributed by atoms with Crippen molar-refractivity contribution in [3.8, 4) is 0 Å². The smallest absolute Gasteiger partial charge is 0.209 e. The van der Waals surface area contributed by atoms with Gasteiger partial charge in [0, 0.05) is 13.7 Å². The van der Waals surface area contributed by atoms with E-state index in [4.69, 9.17) is 9.88 Å². The molecular weight excluding hydrogens is 216 g/mol. The van der Waals surface area contributed by atoms with Gasteiger partial charge in [-0.2, -0.15) is 0 Å². The minimum atomic E-state index is -3.29.